The molecule has 1 atom stereocenters. The Kier molecular flexibility index (Phi) is 2.94. The fourth-order valence-electron chi connectivity index (χ4n) is 2.64. The fraction of sp³-hybridized carbons (Fsp3) is 0.294. The molecular formula is C17H18O2. The molecule has 1 aliphatic rings. The third-order valence-electron chi connectivity index (χ3n) is 3.86. The summed E-state index contributed by atoms with van der Waals surface area (Å²) in [7, 11) is 1.69. The van der Waals surface area contributed by atoms with Gasteiger partial charge in [0.05, 0.1) is 7.11 Å². The Morgan fingerprint density at radius 2 is 1.89 bits per heavy atom. The average Bonchev–Trinajstić information content (AvgIpc) is 2.47. The molecule has 0 fully saturated rings. The van der Waals surface area contributed by atoms with Crippen molar-refractivity contribution in [2.24, 2.45) is 0 Å². The van der Waals surface area contributed by atoms with Crippen molar-refractivity contribution < 1.29 is 9.47 Å². The first-order chi connectivity index (χ1) is 9.21. The number of methoxy groups -OCH3 is 1. The van der Waals surface area contributed by atoms with Gasteiger partial charge in [-0.25, -0.2) is 0 Å². The number of fused-ring (bicyclic) bond motifs is 1. The molecule has 2 nitrogen and oxygen atoms in total. The number of hydrogen-bond acceptors (Lipinski definition) is 2. The standard InChI is InChI=1S/C17H18O2/c1-17(14-6-4-3-5-7-14)11-10-13-12-15(18-2)8-9-16(13)19-17/h3-9,12H,10-11H2,1-2H3. The molecule has 1 heterocycles. The summed E-state index contributed by atoms with van der Waals surface area (Å²) in [6.07, 6.45) is 2.00. The van der Waals surface area contributed by atoms with Crippen molar-refractivity contribution >= 4 is 0 Å². The van der Waals surface area contributed by atoms with E-state index >= 15 is 0 Å². The Morgan fingerprint density at radius 3 is 2.63 bits per heavy atom. The first kappa shape index (κ1) is 12.1. The molecule has 1 aliphatic heterocycles. The van der Waals surface area contributed by atoms with Crippen LogP contribution in [0.4, 0.5) is 0 Å². The van der Waals surface area contributed by atoms with Gasteiger partial charge in [-0.2, -0.15) is 0 Å². The molecule has 19 heavy (non-hydrogen) atoms. The number of aryl methyl sites for hydroxylation is 1. The second-order valence-electron chi connectivity index (χ2n) is 5.17. The number of benzene rings is 2. The van der Waals surface area contributed by atoms with Gasteiger partial charge < -0.3 is 9.47 Å². The van der Waals surface area contributed by atoms with Gasteiger partial charge in [0.2, 0.25) is 0 Å². The Hall–Kier alpha value is -1.96. The van der Waals surface area contributed by atoms with Crippen LogP contribution in [0.15, 0.2) is 48.5 Å². The van der Waals surface area contributed by atoms with Gasteiger partial charge in [-0.3, -0.25) is 0 Å². The predicted molar refractivity (Wildman–Crippen MR) is 75.7 cm³/mol. The summed E-state index contributed by atoms with van der Waals surface area (Å²) < 4.78 is 11.5. The molecule has 0 amide bonds. The molecule has 3 rings (SSSR count). The summed E-state index contributed by atoms with van der Waals surface area (Å²) >= 11 is 0. The smallest absolute Gasteiger partial charge is 0.132 e. The molecular weight excluding hydrogens is 236 g/mol. The molecule has 0 spiro atoms. The molecule has 2 aromatic rings. The molecule has 2 aromatic carbocycles. The third kappa shape index (κ3) is 2.19. The molecule has 2 heteroatoms. The van der Waals surface area contributed by atoms with Crippen LogP contribution < -0.4 is 9.47 Å². The van der Waals surface area contributed by atoms with E-state index in [1.54, 1.807) is 7.11 Å². The summed E-state index contributed by atoms with van der Waals surface area (Å²) in [4.78, 5) is 0. The van der Waals surface area contributed by atoms with E-state index in [1.807, 2.05) is 18.2 Å². The molecule has 0 saturated carbocycles. The van der Waals surface area contributed by atoms with Crippen LogP contribution in [0.2, 0.25) is 0 Å². The molecule has 0 saturated heterocycles. The van der Waals surface area contributed by atoms with E-state index in [0.29, 0.717) is 0 Å². The summed E-state index contributed by atoms with van der Waals surface area (Å²) in [6.45, 7) is 2.16. The van der Waals surface area contributed by atoms with Gasteiger partial charge in [-0.05, 0) is 49.1 Å². The molecule has 0 aromatic heterocycles. The van der Waals surface area contributed by atoms with E-state index < -0.39 is 0 Å². The lowest BCUT2D eigenvalue weighted by Gasteiger charge is -2.36. The monoisotopic (exact) mass is 254 g/mol. The van der Waals surface area contributed by atoms with Crippen LogP contribution in [0.5, 0.6) is 11.5 Å². The number of rotatable bonds is 2. The first-order valence-electron chi connectivity index (χ1n) is 6.63. The van der Waals surface area contributed by atoms with Crippen molar-refractivity contribution in [3.8, 4) is 11.5 Å². The highest BCUT2D eigenvalue weighted by molar-refractivity contribution is 5.43. The fourth-order valence-corrected chi connectivity index (χ4v) is 2.64. The summed E-state index contributed by atoms with van der Waals surface area (Å²) in [5, 5.41) is 0. The Morgan fingerprint density at radius 1 is 1.11 bits per heavy atom. The van der Waals surface area contributed by atoms with E-state index in [0.717, 1.165) is 24.3 Å². The zero-order valence-corrected chi connectivity index (χ0v) is 11.3. The molecule has 0 radical (unpaired) electrons. The first-order valence-corrected chi connectivity index (χ1v) is 6.63. The Bertz CT molecular complexity index is 577. The molecule has 1 unspecified atom stereocenters. The van der Waals surface area contributed by atoms with Crippen LogP contribution in [0, 0.1) is 0 Å². The van der Waals surface area contributed by atoms with E-state index in [-0.39, 0.29) is 5.60 Å². The van der Waals surface area contributed by atoms with Crippen LogP contribution in [0.3, 0.4) is 0 Å². The lowest BCUT2D eigenvalue weighted by Crippen LogP contribution is -2.33. The second-order valence-corrected chi connectivity index (χ2v) is 5.17. The quantitative estimate of drug-likeness (QED) is 0.808. The SMILES string of the molecule is COc1ccc2c(c1)CCC(C)(c1ccccc1)O2. The third-order valence-corrected chi connectivity index (χ3v) is 3.86. The normalized spacial score (nSPS) is 21.4. The van der Waals surface area contributed by atoms with Crippen LogP contribution in [-0.4, -0.2) is 7.11 Å². The highest BCUT2D eigenvalue weighted by atomic mass is 16.5. The maximum atomic E-state index is 6.25. The average molecular weight is 254 g/mol. The topological polar surface area (TPSA) is 18.5 Å². The summed E-state index contributed by atoms with van der Waals surface area (Å²) in [5.41, 5.74) is 2.23. The van der Waals surface area contributed by atoms with Crippen LogP contribution in [0.1, 0.15) is 24.5 Å². The van der Waals surface area contributed by atoms with Gasteiger partial charge in [0.25, 0.3) is 0 Å². The van der Waals surface area contributed by atoms with Crippen molar-refractivity contribution in [3.63, 3.8) is 0 Å². The van der Waals surface area contributed by atoms with Gasteiger partial charge in [-0.15, -0.1) is 0 Å². The highest BCUT2D eigenvalue weighted by Gasteiger charge is 2.33. The minimum absolute atomic E-state index is 0.233. The van der Waals surface area contributed by atoms with Gasteiger partial charge in [0.1, 0.15) is 17.1 Å². The Labute approximate surface area is 114 Å². The molecule has 0 bridgehead atoms. The molecule has 0 N–H and O–H groups in total. The highest BCUT2D eigenvalue weighted by Crippen LogP contribution is 2.40. The Balaban J connectivity index is 1.94. The molecule has 98 valence electrons. The zero-order chi connectivity index (χ0) is 13.3. The number of ether oxygens (including phenoxy) is 2. The summed E-state index contributed by atoms with van der Waals surface area (Å²) in [5.74, 6) is 1.86. The van der Waals surface area contributed by atoms with Crippen molar-refractivity contribution in [2.45, 2.75) is 25.4 Å². The van der Waals surface area contributed by atoms with E-state index in [9.17, 15) is 0 Å². The van der Waals surface area contributed by atoms with Crippen molar-refractivity contribution in [1.29, 1.82) is 0 Å². The van der Waals surface area contributed by atoms with Crippen molar-refractivity contribution in [3.05, 3.63) is 59.7 Å². The van der Waals surface area contributed by atoms with Gasteiger partial charge in [-0.1, -0.05) is 30.3 Å². The lowest BCUT2D eigenvalue weighted by molar-refractivity contribution is 0.0624. The molecule has 0 aliphatic carbocycles. The zero-order valence-electron chi connectivity index (χ0n) is 11.3. The van der Waals surface area contributed by atoms with Crippen molar-refractivity contribution in [2.75, 3.05) is 7.11 Å². The van der Waals surface area contributed by atoms with E-state index in [4.69, 9.17) is 9.47 Å². The van der Waals surface area contributed by atoms with Crippen LogP contribution in [0.25, 0.3) is 0 Å². The maximum absolute atomic E-state index is 6.25. The second kappa shape index (κ2) is 4.61. The minimum Gasteiger partial charge on any atom is -0.497 e. The predicted octanol–water partition coefficient (Wildman–Crippen LogP) is 3.94. The largest absolute Gasteiger partial charge is 0.497 e. The van der Waals surface area contributed by atoms with E-state index in [1.165, 1.54) is 11.1 Å². The maximum Gasteiger partial charge on any atom is 0.132 e. The summed E-state index contributed by atoms with van der Waals surface area (Å²) in [6, 6.07) is 16.5. The van der Waals surface area contributed by atoms with E-state index in [2.05, 4.69) is 37.3 Å². The van der Waals surface area contributed by atoms with Gasteiger partial charge in [0.15, 0.2) is 0 Å². The van der Waals surface area contributed by atoms with Gasteiger partial charge in [0, 0.05) is 0 Å². The van der Waals surface area contributed by atoms with Crippen LogP contribution in [-0.2, 0) is 12.0 Å². The van der Waals surface area contributed by atoms with Crippen molar-refractivity contribution in [1.82, 2.24) is 0 Å². The van der Waals surface area contributed by atoms with Gasteiger partial charge >= 0.3 is 0 Å². The lowest BCUT2D eigenvalue weighted by atomic mass is 9.86. The number of hydrogen-bond donors (Lipinski definition) is 0. The van der Waals surface area contributed by atoms with Crippen LogP contribution >= 0.6 is 0 Å². The minimum atomic E-state index is -0.233.